The number of rotatable bonds is 3. The molecule has 1 aromatic rings. The van der Waals surface area contributed by atoms with Crippen LogP contribution in [0.3, 0.4) is 0 Å². The predicted molar refractivity (Wildman–Crippen MR) is 60.6 cm³/mol. The molecule has 2 N–H and O–H groups in total. The number of fused-ring (bicyclic) bond motifs is 1. The monoisotopic (exact) mass is 220 g/mol. The molecule has 0 amide bonds. The lowest BCUT2D eigenvalue weighted by molar-refractivity contribution is -0.142. The molecule has 2 atom stereocenters. The highest BCUT2D eigenvalue weighted by atomic mass is 16.4. The number of carboxylic acid groups (broad SMARTS) is 1. The normalized spacial score (nSPS) is 20.4. The van der Waals surface area contributed by atoms with Crippen molar-refractivity contribution in [1.82, 2.24) is 0 Å². The number of carboxylic acids is 1. The van der Waals surface area contributed by atoms with E-state index in [1.54, 1.807) is 12.1 Å². The maximum absolute atomic E-state index is 11.1. The zero-order valence-electron chi connectivity index (χ0n) is 9.31. The van der Waals surface area contributed by atoms with Crippen molar-refractivity contribution in [2.75, 3.05) is 0 Å². The van der Waals surface area contributed by atoms with E-state index in [0.29, 0.717) is 6.42 Å². The Bertz CT molecular complexity index is 412. The number of hydrogen-bond acceptors (Lipinski definition) is 2. The van der Waals surface area contributed by atoms with Crippen LogP contribution in [0.1, 0.15) is 36.8 Å². The molecule has 2 unspecified atom stereocenters. The molecule has 1 aromatic carbocycles. The van der Waals surface area contributed by atoms with Gasteiger partial charge in [-0.05, 0) is 48.4 Å². The minimum atomic E-state index is -0.714. The van der Waals surface area contributed by atoms with Gasteiger partial charge in [-0.25, -0.2) is 0 Å². The zero-order chi connectivity index (χ0) is 11.7. The van der Waals surface area contributed by atoms with Crippen LogP contribution in [-0.2, 0) is 11.2 Å². The topological polar surface area (TPSA) is 57.5 Å². The quantitative estimate of drug-likeness (QED) is 0.823. The average Bonchev–Trinajstić information content (AvgIpc) is 2.62. The van der Waals surface area contributed by atoms with E-state index >= 15 is 0 Å². The van der Waals surface area contributed by atoms with Crippen molar-refractivity contribution >= 4 is 5.97 Å². The van der Waals surface area contributed by atoms with Crippen molar-refractivity contribution in [2.45, 2.75) is 32.1 Å². The molecule has 0 radical (unpaired) electrons. The Balaban J connectivity index is 2.32. The van der Waals surface area contributed by atoms with Crippen LogP contribution in [0.4, 0.5) is 0 Å². The lowest BCUT2D eigenvalue weighted by atomic mass is 9.85. The van der Waals surface area contributed by atoms with Gasteiger partial charge in [-0.15, -0.1) is 0 Å². The summed E-state index contributed by atoms with van der Waals surface area (Å²) in [5.41, 5.74) is 2.21. The van der Waals surface area contributed by atoms with Gasteiger partial charge in [-0.2, -0.15) is 0 Å². The molecular weight excluding hydrogens is 204 g/mol. The summed E-state index contributed by atoms with van der Waals surface area (Å²) in [6, 6.07) is 5.27. The van der Waals surface area contributed by atoms with E-state index in [9.17, 15) is 9.90 Å². The van der Waals surface area contributed by atoms with Crippen LogP contribution in [0.25, 0.3) is 0 Å². The molecule has 0 aliphatic heterocycles. The Labute approximate surface area is 94.7 Å². The van der Waals surface area contributed by atoms with Crippen molar-refractivity contribution in [2.24, 2.45) is 5.92 Å². The summed E-state index contributed by atoms with van der Waals surface area (Å²) >= 11 is 0. The van der Waals surface area contributed by atoms with Gasteiger partial charge in [-0.1, -0.05) is 13.0 Å². The van der Waals surface area contributed by atoms with Gasteiger partial charge in [-0.3, -0.25) is 4.79 Å². The van der Waals surface area contributed by atoms with Gasteiger partial charge in [0.1, 0.15) is 5.75 Å². The predicted octanol–water partition coefficient (Wildman–Crippen LogP) is 2.53. The van der Waals surface area contributed by atoms with E-state index in [1.165, 1.54) is 0 Å². The standard InChI is InChI=1S/C13H16O3/c1-2-10(13(15)16)12-5-3-8-7-9(14)4-6-11(8)12/h4,6-7,10,12,14H,2-3,5H2,1H3,(H,15,16). The summed E-state index contributed by atoms with van der Waals surface area (Å²) < 4.78 is 0. The number of phenolic OH excluding ortho intramolecular Hbond substituents is 1. The molecule has 0 spiro atoms. The Morgan fingerprint density at radius 2 is 2.31 bits per heavy atom. The number of aliphatic carboxylic acids is 1. The highest BCUT2D eigenvalue weighted by molar-refractivity contribution is 5.71. The van der Waals surface area contributed by atoms with Gasteiger partial charge in [0, 0.05) is 0 Å². The maximum atomic E-state index is 11.1. The number of hydrogen-bond donors (Lipinski definition) is 2. The highest BCUT2D eigenvalue weighted by Crippen LogP contribution is 2.40. The number of aryl methyl sites for hydroxylation is 1. The minimum Gasteiger partial charge on any atom is -0.508 e. The van der Waals surface area contributed by atoms with Crippen molar-refractivity contribution in [3.05, 3.63) is 29.3 Å². The fourth-order valence-electron chi connectivity index (χ4n) is 2.69. The molecule has 0 saturated carbocycles. The van der Waals surface area contributed by atoms with E-state index in [0.717, 1.165) is 24.0 Å². The van der Waals surface area contributed by atoms with Crippen LogP contribution in [0.2, 0.25) is 0 Å². The lowest BCUT2D eigenvalue weighted by Crippen LogP contribution is -2.19. The number of benzene rings is 1. The maximum Gasteiger partial charge on any atom is 0.307 e. The molecule has 1 aliphatic carbocycles. The van der Waals surface area contributed by atoms with Crippen LogP contribution >= 0.6 is 0 Å². The van der Waals surface area contributed by atoms with Crippen LogP contribution < -0.4 is 0 Å². The molecule has 0 bridgehead atoms. The molecule has 0 fully saturated rings. The second kappa shape index (κ2) is 4.16. The van der Waals surface area contributed by atoms with Crippen molar-refractivity contribution in [3.8, 4) is 5.75 Å². The second-order valence-electron chi connectivity index (χ2n) is 4.38. The van der Waals surface area contributed by atoms with E-state index in [4.69, 9.17) is 5.11 Å². The third-order valence-electron chi connectivity index (χ3n) is 3.49. The molecule has 0 aromatic heterocycles. The van der Waals surface area contributed by atoms with Gasteiger partial charge >= 0.3 is 5.97 Å². The van der Waals surface area contributed by atoms with Gasteiger partial charge in [0.15, 0.2) is 0 Å². The first kappa shape index (κ1) is 11.0. The van der Waals surface area contributed by atoms with E-state index in [2.05, 4.69) is 0 Å². The molecule has 0 saturated heterocycles. The molecule has 3 nitrogen and oxygen atoms in total. The van der Waals surface area contributed by atoms with Crippen LogP contribution in [0.15, 0.2) is 18.2 Å². The van der Waals surface area contributed by atoms with Gasteiger partial charge < -0.3 is 10.2 Å². The third-order valence-corrected chi connectivity index (χ3v) is 3.49. The van der Waals surface area contributed by atoms with Crippen LogP contribution in [-0.4, -0.2) is 16.2 Å². The summed E-state index contributed by atoms with van der Waals surface area (Å²) in [5, 5.41) is 18.5. The fraction of sp³-hybridized carbons (Fsp3) is 0.462. The Kier molecular flexibility index (Phi) is 2.86. The SMILES string of the molecule is CCC(C(=O)O)C1CCc2cc(O)ccc21. The summed E-state index contributed by atoms with van der Waals surface area (Å²) in [6.45, 7) is 1.91. The summed E-state index contributed by atoms with van der Waals surface area (Å²) in [5.74, 6) is -0.639. The smallest absolute Gasteiger partial charge is 0.307 e. The number of phenols is 1. The first-order valence-electron chi connectivity index (χ1n) is 5.68. The zero-order valence-corrected chi connectivity index (χ0v) is 9.31. The van der Waals surface area contributed by atoms with E-state index in [1.807, 2.05) is 13.0 Å². The van der Waals surface area contributed by atoms with Gasteiger partial charge in [0.25, 0.3) is 0 Å². The summed E-state index contributed by atoms with van der Waals surface area (Å²) in [4.78, 5) is 11.1. The Morgan fingerprint density at radius 1 is 1.56 bits per heavy atom. The molecular formula is C13H16O3. The minimum absolute atomic E-state index is 0.109. The molecule has 1 aliphatic rings. The molecule has 16 heavy (non-hydrogen) atoms. The van der Waals surface area contributed by atoms with Crippen molar-refractivity contribution in [3.63, 3.8) is 0 Å². The second-order valence-corrected chi connectivity index (χ2v) is 4.38. The van der Waals surface area contributed by atoms with E-state index in [-0.39, 0.29) is 17.6 Å². The first-order chi connectivity index (χ1) is 7.63. The molecule has 0 heterocycles. The summed E-state index contributed by atoms with van der Waals surface area (Å²) in [6.07, 6.45) is 2.40. The molecule has 2 rings (SSSR count). The Hall–Kier alpha value is -1.51. The largest absolute Gasteiger partial charge is 0.508 e. The average molecular weight is 220 g/mol. The van der Waals surface area contributed by atoms with Crippen molar-refractivity contribution in [1.29, 1.82) is 0 Å². The fourth-order valence-corrected chi connectivity index (χ4v) is 2.69. The molecule has 3 heteroatoms. The van der Waals surface area contributed by atoms with Gasteiger partial charge in [0.2, 0.25) is 0 Å². The van der Waals surface area contributed by atoms with Crippen LogP contribution in [0, 0.1) is 5.92 Å². The highest BCUT2D eigenvalue weighted by Gasteiger charge is 2.32. The lowest BCUT2D eigenvalue weighted by Gasteiger charge is -2.18. The van der Waals surface area contributed by atoms with Crippen LogP contribution in [0.5, 0.6) is 5.75 Å². The summed E-state index contributed by atoms with van der Waals surface area (Å²) in [7, 11) is 0. The van der Waals surface area contributed by atoms with E-state index < -0.39 is 5.97 Å². The number of carbonyl (C=O) groups is 1. The van der Waals surface area contributed by atoms with Gasteiger partial charge in [0.05, 0.1) is 5.92 Å². The first-order valence-corrected chi connectivity index (χ1v) is 5.68. The number of aromatic hydroxyl groups is 1. The Morgan fingerprint density at radius 3 is 2.94 bits per heavy atom. The van der Waals surface area contributed by atoms with Crippen molar-refractivity contribution < 1.29 is 15.0 Å². The molecule has 86 valence electrons. The third kappa shape index (κ3) is 1.77.